The second-order valence-corrected chi connectivity index (χ2v) is 7.09. The minimum Gasteiger partial charge on any atom is -0.325 e. The number of aromatic nitrogens is 4. The van der Waals surface area contributed by atoms with Gasteiger partial charge in [-0.1, -0.05) is 29.5 Å². The van der Waals surface area contributed by atoms with Crippen LogP contribution in [-0.4, -0.2) is 31.9 Å². The number of rotatable bonds is 5. The predicted octanol–water partition coefficient (Wildman–Crippen LogP) is 3.19. The summed E-state index contributed by atoms with van der Waals surface area (Å²) in [7, 11) is 0. The van der Waals surface area contributed by atoms with E-state index in [-0.39, 0.29) is 11.7 Å². The summed E-state index contributed by atoms with van der Waals surface area (Å²) in [5, 5.41) is 24.1. The summed E-state index contributed by atoms with van der Waals surface area (Å²) >= 11 is 1.27. The Kier molecular flexibility index (Phi) is 5.52. The number of tetrazole rings is 1. The van der Waals surface area contributed by atoms with Crippen molar-refractivity contribution in [3.63, 3.8) is 0 Å². The first-order valence-corrected chi connectivity index (χ1v) is 9.26. The Bertz CT molecular complexity index is 996. The van der Waals surface area contributed by atoms with Crippen LogP contribution in [0.2, 0.25) is 0 Å². The molecule has 0 atom stereocenters. The topological polar surface area (TPSA) is 96.5 Å². The lowest BCUT2D eigenvalue weighted by Crippen LogP contribution is -2.14. The van der Waals surface area contributed by atoms with Crippen LogP contribution in [0.5, 0.6) is 0 Å². The van der Waals surface area contributed by atoms with E-state index in [2.05, 4.69) is 33.0 Å². The molecule has 0 radical (unpaired) electrons. The molecule has 0 aliphatic rings. The van der Waals surface area contributed by atoms with Crippen molar-refractivity contribution in [2.45, 2.75) is 25.9 Å². The van der Waals surface area contributed by atoms with Gasteiger partial charge in [-0.25, -0.2) is 0 Å². The molecule has 3 rings (SSSR count). The van der Waals surface area contributed by atoms with Gasteiger partial charge in [0.15, 0.2) is 0 Å². The van der Waals surface area contributed by atoms with E-state index < -0.39 is 0 Å². The molecule has 1 heterocycles. The van der Waals surface area contributed by atoms with E-state index in [9.17, 15) is 4.79 Å². The molecule has 1 N–H and O–H groups in total. The van der Waals surface area contributed by atoms with Crippen molar-refractivity contribution in [2.75, 3.05) is 11.1 Å². The van der Waals surface area contributed by atoms with Crippen LogP contribution in [0.3, 0.4) is 0 Å². The second kappa shape index (κ2) is 8.01. The highest BCUT2D eigenvalue weighted by Gasteiger charge is 2.15. The van der Waals surface area contributed by atoms with Crippen LogP contribution in [0.25, 0.3) is 5.69 Å². The van der Waals surface area contributed by atoms with Gasteiger partial charge in [-0.15, -0.1) is 5.10 Å². The minimum atomic E-state index is -0.170. The molecule has 1 aromatic heterocycles. The number of amides is 1. The van der Waals surface area contributed by atoms with Gasteiger partial charge in [-0.3, -0.25) is 4.79 Å². The summed E-state index contributed by atoms with van der Waals surface area (Å²) in [6.07, 6.45) is 0. The lowest BCUT2D eigenvalue weighted by molar-refractivity contribution is -0.113. The molecule has 0 saturated carbocycles. The highest BCUT2D eigenvalue weighted by Crippen LogP contribution is 2.24. The Hall–Kier alpha value is -3.18. The van der Waals surface area contributed by atoms with Gasteiger partial charge in [0.2, 0.25) is 11.1 Å². The molecule has 3 aromatic rings. The zero-order chi connectivity index (χ0) is 19.4. The zero-order valence-corrected chi connectivity index (χ0v) is 16.0. The minimum absolute atomic E-state index is 0.170. The average molecular weight is 378 g/mol. The highest BCUT2D eigenvalue weighted by molar-refractivity contribution is 7.99. The normalized spacial score (nSPS) is 10.4. The average Bonchev–Trinajstić information content (AvgIpc) is 3.08. The third-order valence-electron chi connectivity index (χ3n) is 3.92. The van der Waals surface area contributed by atoms with Crippen molar-refractivity contribution >= 4 is 23.4 Å². The van der Waals surface area contributed by atoms with Crippen LogP contribution < -0.4 is 5.32 Å². The van der Waals surface area contributed by atoms with E-state index in [1.807, 2.05) is 26.8 Å². The molecule has 136 valence electrons. The maximum absolute atomic E-state index is 12.2. The summed E-state index contributed by atoms with van der Waals surface area (Å²) in [5.41, 5.74) is 5.44. The highest BCUT2D eigenvalue weighted by atomic mass is 32.2. The number of thioether (sulfide) groups is 1. The fourth-order valence-corrected chi connectivity index (χ4v) is 3.55. The van der Waals surface area contributed by atoms with Gasteiger partial charge >= 0.3 is 0 Å². The number of aryl methyl sites for hydroxylation is 3. The van der Waals surface area contributed by atoms with Crippen LogP contribution in [0.1, 0.15) is 22.3 Å². The Morgan fingerprint density at radius 3 is 2.48 bits per heavy atom. The van der Waals surface area contributed by atoms with Crippen LogP contribution in [-0.2, 0) is 4.79 Å². The van der Waals surface area contributed by atoms with Gasteiger partial charge in [-0.2, -0.15) is 9.94 Å². The van der Waals surface area contributed by atoms with Crippen LogP contribution in [0.15, 0.2) is 41.6 Å². The summed E-state index contributed by atoms with van der Waals surface area (Å²) in [6.45, 7) is 6.08. The molecule has 0 unspecified atom stereocenters. The molecule has 7 nitrogen and oxygen atoms in total. The number of nitrogens with zero attached hydrogens (tertiary/aromatic N) is 5. The largest absolute Gasteiger partial charge is 0.325 e. The van der Waals surface area contributed by atoms with Gasteiger partial charge in [0, 0.05) is 5.69 Å². The summed E-state index contributed by atoms with van der Waals surface area (Å²) in [6, 6.07) is 12.9. The number of carbonyl (C=O) groups is 1. The van der Waals surface area contributed by atoms with Gasteiger partial charge in [0.25, 0.3) is 0 Å². The van der Waals surface area contributed by atoms with Crippen molar-refractivity contribution in [1.82, 2.24) is 20.2 Å². The third kappa shape index (κ3) is 4.33. The first-order valence-electron chi connectivity index (χ1n) is 8.27. The molecule has 8 heteroatoms. The van der Waals surface area contributed by atoms with Gasteiger partial charge < -0.3 is 5.32 Å². The predicted molar refractivity (Wildman–Crippen MR) is 104 cm³/mol. The standard InChI is InChI=1S/C19H18N6OS/c1-12-8-13(2)18(14(3)9-12)25-19(22-23-24-25)27-11-17(26)21-16-6-4-15(10-20)5-7-16/h4-9H,11H2,1-3H3,(H,21,26). The molecule has 0 aliphatic heterocycles. The number of nitrogens with one attached hydrogen (secondary N) is 1. The Morgan fingerprint density at radius 2 is 1.85 bits per heavy atom. The fourth-order valence-electron chi connectivity index (χ4n) is 2.87. The SMILES string of the molecule is Cc1cc(C)c(-n2nnnc2SCC(=O)Nc2ccc(C#N)cc2)c(C)c1. The lowest BCUT2D eigenvalue weighted by Gasteiger charge is -2.12. The van der Waals surface area contributed by atoms with Gasteiger partial charge in [-0.05, 0) is 66.6 Å². The molecule has 0 aliphatic carbocycles. The van der Waals surface area contributed by atoms with Crippen molar-refractivity contribution in [3.05, 3.63) is 58.7 Å². The molecular formula is C19H18N6OS. The van der Waals surface area contributed by atoms with Gasteiger partial charge in [0.1, 0.15) is 0 Å². The molecule has 0 fully saturated rings. The Morgan fingerprint density at radius 1 is 1.19 bits per heavy atom. The van der Waals surface area contributed by atoms with E-state index in [0.717, 1.165) is 16.8 Å². The molecule has 27 heavy (non-hydrogen) atoms. The molecule has 0 bridgehead atoms. The smallest absolute Gasteiger partial charge is 0.234 e. The Labute approximate surface area is 161 Å². The molecule has 0 saturated heterocycles. The van der Waals surface area contributed by atoms with Crippen molar-refractivity contribution in [2.24, 2.45) is 0 Å². The first-order chi connectivity index (χ1) is 13.0. The van der Waals surface area contributed by atoms with Crippen LogP contribution in [0.4, 0.5) is 5.69 Å². The summed E-state index contributed by atoms with van der Waals surface area (Å²) < 4.78 is 1.67. The number of nitriles is 1. The Balaban J connectivity index is 1.70. The zero-order valence-electron chi connectivity index (χ0n) is 15.2. The van der Waals surface area contributed by atoms with E-state index in [0.29, 0.717) is 16.4 Å². The van der Waals surface area contributed by atoms with Crippen LogP contribution in [0, 0.1) is 32.1 Å². The first kappa shape index (κ1) is 18.6. The fraction of sp³-hybridized carbons (Fsp3) is 0.211. The molecule has 1 amide bonds. The quantitative estimate of drug-likeness (QED) is 0.685. The van der Waals surface area contributed by atoms with E-state index in [4.69, 9.17) is 5.26 Å². The van der Waals surface area contributed by atoms with Crippen molar-refractivity contribution < 1.29 is 4.79 Å². The maximum atomic E-state index is 12.2. The summed E-state index contributed by atoms with van der Waals surface area (Å²) in [4.78, 5) is 12.2. The van der Waals surface area contributed by atoms with E-state index >= 15 is 0 Å². The maximum Gasteiger partial charge on any atom is 0.234 e. The monoisotopic (exact) mass is 378 g/mol. The number of benzene rings is 2. The number of anilines is 1. The molecule has 2 aromatic carbocycles. The molecule has 0 spiro atoms. The van der Waals surface area contributed by atoms with Crippen molar-refractivity contribution in [3.8, 4) is 11.8 Å². The number of hydrogen-bond donors (Lipinski definition) is 1. The third-order valence-corrected chi connectivity index (χ3v) is 4.84. The van der Waals surface area contributed by atoms with Gasteiger partial charge in [0.05, 0.1) is 23.1 Å². The van der Waals surface area contributed by atoms with E-state index in [1.165, 1.54) is 17.3 Å². The number of carbonyl (C=O) groups excluding carboxylic acids is 1. The molecular weight excluding hydrogens is 360 g/mol. The van der Waals surface area contributed by atoms with Crippen LogP contribution >= 0.6 is 11.8 Å². The van der Waals surface area contributed by atoms with Crippen molar-refractivity contribution in [1.29, 1.82) is 5.26 Å². The van der Waals surface area contributed by atoms with E-state index in [1.54, 1.807) is 28.9 Å². The number of hydrogen-bond acceptors (Lipinski definition) is 6. The second-order valence-electron chi connectivity index (χ2n) is 6.15. The lowest BCUT2D eigenvalue weighted by atomic mass is 10.1. The summed E-state index contributed by atoms with van der Waals surface area (Å²) in [5.74, 6) is 0.00116.